The molecule has 0 aromatic heterocycles. The Bertz CT molecular complexity index is 484. The molecule has 6 heteroatoms. The molecule has 0 spiro atoms. The molecule has 0 saturated carbocycles. The summed E-state index contributed by atoms with van der Waals surface area (Å²) in [7, 11) is 0. The third-order valence-corrected chi connectivity index (χ3v) is 2.73. The van der Waals surface area contributed by atoms with Crippen molar-refractivity contribution in [3.63, 3.8) is 0 Å². The number of carboxylic acids is 1. The Morgan fingerprint density at radius 3 is 2.53 bits per heavy atom. The van der Waals surface area contributed by atoms with Gasteiger partial charge < -0.3 is 9.84 Å². The molecule has 1 unspecified atom stereocenters. The van der Waals surface area contributed by atoms with Gasteiger partial charge in [0.05, 0.1) is 4.92 Å². The highest BCUT2D eigenvalue weighted by atomic mass is 16.6. The van der Waals surface area contributed by atoms with E-state index in [4.69, 9.17) is 9.84 Å². The number of nitrogens with zero attached hydrogens (tertiary/aromatic N) is 1. The molecule has 104 valence electrons. The van der Waals surface area contributed by atoms with Crippen LogP contribution in [0.25, 0.3) is 0 Å². The molecule has 0 fully saturated rings. The molecular formula is C13H17NO5. The topological polar surface area (TPSA) is 89.7 Å². The van der Waals surface area contributed by atoms with Crippen LogP contribution < -0.4 is 4.74 Å². The fraction of sp³-hybridized carbons (Fsp3) is 0.462. The summed E-state index contributed by atoms with van der Waals surface area (Å²) in [6, 6.07) is 4.56. The summed E-state index contributed by atoms with van der Waals surface area (Å²) >= 11 is 0. The lowest BCUT2D eigenvalue weighted by Gasteiger charge is -2.18. The summed E-state index contributed by atoms with van der Waals surface area (Å²) in [5.41, 5.74) is 0.599. The van der Waals surface area contributed by atoms with Crippen LogP contribution >= 0.6 is 0 Å². The number of carbonyl (C=O) groups is 1. The first-order chi connectivity index (χ1) is 8.86. The first-order valence-electron chi connectivity index (χ1n) is 6.03. The van der Waals surface area contributed by atoms with E-state index in [-0.39, 0.29) is 17.4 Å². The van der Waals surface area contributed by atoms with E-state index in [9.17, 15) is 14.9 Å². The molecule has 1 rings (SSSR count). The molecule has 0 amide bonds. The van der Waals surface area contributed by atoms with Crippen molar-refractivity contribution in [3.05, 3.63) is 33.9 Å². The normalized spacial score (nSPS) is 12.2. The van der Waals surface area contributed by atoms with Gasteiger partial charge in [0.15, 0.2) is 11.9 Å². The summed E-state index contributed by atoms with van der Waals surface area (Å²) in [4.78, 5) is 21.5. The molecule has 0 radical (unpaired) electrons. The molecule has 0 heterocycles. The summed E-state index contributed by atoms with van der Waals surface area (Å²) < 4.78 is 5.29. The number of hydrogen-bond acceptors (Lipinski definition) is 4. The quantitative estimate of drug-likeness (QED) is 0.632. The van der Waals surface area contributed by atoms with E-state index in [1.54, 1.807) is 19.9 Å². The maximum absolute atomic E-state index is 11.1. The van der Waals surface area contributed by atoms with Gasteiger partial charge in [-0.05, 0) is 18.1 Å². The third kappa shape index (κ3) is 3.67. The molecule has 1 aromatic rings. The van der Waals surface area contributed by atoms with Gasteiger partial charge in [0.25, 0.3) is 0 Å². The molecule has 0 aliphatic carbocycles. The van der Waals surface area contributed by atoms with Crippen LogP contribution in [0.15, 0.2) is 18.2 Å². The predicted molar refractivity (Wildman–Crippen MR) is 69.4 cm³/mol. The van der Waals surface area contributed by atoms with Crippen LogP contribution in [0.3, 0.4) is 0 Å². The number of hydrogen-bond donors (Lipinski definition) is 1. The largest absolute Gasteiger partial charge is 0.478 e. The average molecular weight is 267 g/mol. The van der Waals surface area contributed by atoms with E-state index in [0.29, 0.717) is 6.42 Å². The molecular weight excluding hydrogens is 250 g/mol. The van der Waals surface area contributed by atoms with Crippen LogP contribution in [0.4, 0.5) is 5.69 Å². The van der Waals surface area contributed by atoms with Crippen molar-refractivity contribution in [1.82, 2.24) is 0 Å². The van der Waals surface area contributed by atoms with Crippen LogP contribution in [0.5, 0.6) is 5.75 Å². The van der Waals surface area contributed by atoms with E-state index in [1.807, 2.05) is 6.92 Å². The van der Waals surface area contributed by atoms with Crippen LogP contribution in [-0.4, -0.2) is 22.1 Å². The molecule has 0 aliphatic rings. The van der Waals surface area contributed by atoms with Gasteiger partial charge in [0, 0.05) is 12.0 Å². The van der Waals surface area contributed by atoms with Crippen molar-refractivity contribution < 1.29 is 19.6 Å². The van der Waals surface area contributed by atoms with Crippen LogP contribution in [0.2, 0.25) is 0 Å². The minimum atomic E-state index is -1.14. The van der Waals surface area contributed by atoms with Gasteiger partial charge in [0.1, 0.15) is 0 Å². The van der Waals surface area contributed by atoms with Crippen molar-refractivity contribution in [2.45, 2.75) is 33.3 Å². The Labute approximate surface area is 111 Å². The van der Waals surface area contributed by atoms with Crippen molar-refractivity contribution in [2.75, 3.05) is 0 Å². The standard InChI is InChI=1S/C13H17NO5/c1-4-9-5-6-11(10(7-9)14(17)18)19-12(8(2)3)13(15)16/h5-8,12H,4H2,1-3H3,(H,15,16). The van der Waals surface area contributed by atoms with E-state index >= 15 is 0 Å². The lowest BCUT2D eigenvalue weighted by Crippen LogP contribution is -2.32. The third-order valence-electron chi connectivity index (χ3n) is 2.73. The summed E-state index contributed by atoms with van der Waals surface area (Å²) in [5, 5.41) is 20.0. The smallest absolute Gasteiger partial charge is 0.345 e. The molecule has 1 aromatic carbocycles. The van der Waals surface area contributed by atoms with Crippen LogP contribution in [0.1, 0.15) is 26.3 Å². The minimum absolute atomic E-state index is 0.0108. The molecule has 19 heavy (non-hydrogen) atoms. The van der Waals surface area contributed by atoms with Gasteiger partial charge in [-0.15, -0.1) is 0 Å². The molecule has 1 N–H and O–H groups in total. The summed E-state index contributed by atoms with van der Waals surface area (Å²) in [6.07, 6.45) is -0.445. The van der Waals surface area contributed by atoms with E-state index in [1.165, 1.54) is 12.1 Å². The fourth-order valence-electron chi connectivity index (χ4n) is 1.63. The fourth-order valence-corrected chi connectivity index (χ4v) is 1.63. The highest BCUT2D eigenvalue weighted by Gasteiger charge is 2.27. The second-order valence-electron chi connectivity index (χ2n) is 4.53. The highest BCUT2D eigenvalue weighted by molar-refractivity contribution is 5.73. The predicted octanol–water partition coefficient (Wildman–Crippen LogP) is 2.65. The Hall–Kier alpha value is -2.11. The van der Waals surface area contributed by atoms with Crippen LogP contribution in [0, 0.1) is 16.0 Å². The average Bonchev–Trinajstić information content (AvgIpc) is 2.34. The number of rotatable bonds is 6. The number of benzene rings is 1. The Morgan fingerprint density at radius 2 is 2.11 bits per heavy atom. The number of nitro groups is 1. The van der Waals surface area contributed by atoms with Gasteiger partial charge in [-0.1, -0.05) is 26.8 Å². The van der Waals surface area contributed by atoms with Crippen LogP contribution in [-0.2, 0) is 11.2 Å². The van der Waals surface area contributed by atoms with Gasteiger partial charge >= 0.3 is 11.7 Å². The minimum Gasteiger partial charge on any atom is -0.478 e. The zero-order valence-electron chi connectivity index (χ0n) is 11.1. The second-order valence-corrected chi connectivity index (χ2v) is 4.53. The number of carboxylic acid groups (broad SMARTS) is 1. The van der Waals surface area contributed by atoms with E-state index in [0.717, 1.165) is 5.56 Å². The Morgan fingerprint density at radius 1 is 1.47 bits per heavy atom. The van der Waals surface area contributed by atoms with Crippen molar-refractivity contribution in [2.24, 2.45) is 5.92 Å². The molecule has 0 aliphatic heterocycles. The SMILES string of the molecule is CCc1ccc(OC(C(=O)O)C(C)C)c([N+](=O)[O-])c1. The number of ether oxygens (including phenoxy) is 1. The van der Waals surface area contributed by atoms with Crippen molar-refractivity contribution in [3.8, 4) is 5.75 Å². The Balaban J connectivity index is 3.12. The first kappa shape index (κ1) is 14.9. The number of nitro benzene ring substituents is 1. The molecule has 6 nitrogen and oxygen atoms in total. The summed E-state index contributed by atoms with van der Waals surface area (Å²) in [6.45, 7) is 5.25. The zero-order valence-corrected chi connectivity index (χ0v) is 11.1. The van der Waals surface area contributed by atoms with Crippen molar-refractivity contribution in [1.29, 1.82) is 0 Å². The van der Waals surface area contributed by atoms with Gasteiger partial charge in [-0.3, -0.25) is 10.1 Å². The lowest BCUT2D eigenvalue weighted by molar-refractivity contribution is -0.386. The lowest BCUT2D eigenvalue weighted by atomic mass is 10.1. The number of aryl methyl sites for hydroxylation is 1. The second kappa shape index (κ2) is 6.17. The Kier molecular flexibility index (Phi) is 4.86. The zero-order chi connectivity index (χ0) is 14.6. The van der Waals surface area contributed by atoms with E-state index < -0.39 is 17.0 Å². The molecule has 0 bridgehead atoms. The van der Waals surface area contributed by atoms with Crippen molar-refractivity contribution >= 4 is 11.7 Å². The maximum atomic E-state index is 11.1. The molecule has 1 atom stereocenters. The number of aliphatic carboxylic acids is 1. The van der Waals surface area contributed by atoms with Gasteiger partial charge in [0.2, 0.25) is 0 Å². The van der Waals surface area contributed by atoms with E-state index in [2.05, 4.69) is 0 Å². The first-order valence-corrected chi connectivity index (χ1v) is 6.03. The summed E-state index contributed by atoms with van der Waals surface area (Å²) in [5.74, 6) is -1.44. The van der Waals surface area contributed by atoms with Gasteiger partial charge in [-0.25, -0.2) is 4.79 Å². The monoisotopic (exact) mass is 267 g/mol. The maximum Gasteiger partial charge on any atom is 0.345 e. The van der Waals surface area contributed by atoms with Gasteiger partial charge in [-0.2, -0.15) is 0 Å². The highest BCUT2D eigenvalue weighted by Crippen LogP contribution is 2.30. The molecule has 0 saturated heterocycles.